The van der Waals surface area contributed by atoms with Crippen LogP contribution in [0, 0.1) is 0 Å². The molecular weight excluding hydrogens is 300 g/mol. The van der Waals surface area contributed by atoms with Crippen LogP contribution in [0.1, 0.15) is 40.0 Å². The fourth-order valence-electron chi connectivity index (χ4n) is 2.91. The van der Waals surface area contributed by atoms with E-state index in [0.717, 1.165) is 18.9 Å². The Bertz CT molecular complexity index is 529. The summed E-state index contributed by atoms with van der Waals surface area (Å²) >= 11 is 0. The van der Waals surface area contributed by atoms with Crippen molar-refractivity contribution in [1.29, 1.82) is 0 Å². The molecule has 2 aliphatic heterocycles. The zero-order valence-corrected chi connectivity index (χ0v) is 13.9. The number of carboxylic acid groups (broad SMARTS) is 1. The lowest BCUT2D eigenvalue weighted by Gasteiger charge is -2.29. The van der Waals surface area contributed by atoms with E-state index in [9.17, 15) is 14.4 Å². The molecule has 0 saturated carbocycles. The van der Waals surface area contributed by atoms with Crippen molar-refractivity contribution in [3.63, 3.8) is 0 Å². The average molecular weight is 324 g/mol. The molecule has 2 amide bonds. The minimum atomic E-state index is -1.07. The number of carboxylic acids is 1. The minimum Gasteiger partial charge on any atom is -0.478 e. The van der Waals surface area contributed by atoms with E-state index in [1.54, 1.807) is 25.7 Å². The van der Waals surface area contributed by atoms with E-state index >= 15 is 0 Å². The van der Waals surface area contributed by atoms with E-state index in [0.29, 0.717) is 18.7 Å². The lowest BCUT2D eigenvalue weighted by Crippen LogP contribution is -2.48. The lowest BCUT2D eigenvalue weighted by atomic mass is 10.1. The van der Waals surface area contributed by atoms with Crippen LogP contribution in [0.2, 0.25) is 0 Å². The van der Waals surface area contributed by atoms with Crippen LogP contribution in [0.3, 0.4) is 0 Å². The van der Waals surface area contributed by atoms with E-state index in [1.807, 2.05) is 0 Å². The number of carbonyl (C=O) groups is 3. The molecule has 0 spiro atoms. The highest BCUT2D eigenvalue weighted by Gasteiger charge is 2.41. The number of likely N-dealkylation sites (tertiary alicyclic amines) is 2. The molecule has 0 radical (unpaired) electrons. The molecule has 7 heteroatoms. The Kier molecular flexibility index (Phi) is 4.97. The van der Waals surface area contributed by atoms with Crippen molar-refractivity contribution in [2.24, 2.45) is 0 Å². The second-order valence-electron chi connectivity index (χ2n) is 7.00. The third-order valence-corrected chi connectivity index (χ3v) is 3.86. The van der Waals surface area contributed by atoms with E-state index < -0.39 is 23.7 Å². The molecule has 2 heterocycles. The van der Waals surface area contributed by atoms with Crippen molar-refractivity contribution in [2.75, 3.05) is 19.6 Å². The van der Waals surface area contributed by atoms with Crippen LogP contribution in [0.25, 0.3) is 0 Å². The van der Waals surface area contributed by atoms with Crippen molar-refractivity contribution in [1.82, 2.24) is 9.80 Å². The number of aliphatic carboxylic acids is 1. The van der Waals surface area contributed by atoms with Gasteiger partial charge in [-0.15, -0.1) is 0 Å². The summed E-state index contributed by atoms with van der Waals surface area (Å²) in [6, 6.07) is -0.673. The second kappa shape index (κ2) is 6.60. The first-order valence-electron chi connectivity index (χ1n) is 7.88. The summed E-state index contributed by atoms with van der Waals surface area (Å²) in [4.78, 5) is 39.0. The summed E-state index contributed by atoms with van der Waals surface area (Å²) in [6.45, 7) is 6.77. The fourth-order valence-corrected chi connectivity index (χ4v) is 2.91. The van der Waals surface area contributed by atoms with Crippen LogP contribution in [0.4, 0.5) is 4.79 Å². The molecule has 0 aliphatic carbocycles. The van der Waals surface area contributed by atoms with E-state index in [1.165, 1.54) is 4.90 Å². The molecule has 2 aliphatic rings. The van der Waals surface area contributed by atoms with Gasteiger partial charge >= 0.3 is 12.1 Å². The monoisotopic (exact) mass is 324 g/mol. The van der Waals surface area contributed by atoms with Gasteiger partial charge in [-0.25, -0.2) is 9.59 Å². The summed E-state index contributed by atoms with van der Waals surface area (Å²) in [5.41, 5.74) is -0.113. The normalized spacial score (nSPS) is 23.4. The Morgan fingerprint density at radius 2 is 1.83 bits per heavy atom. The molecule has 2 saturated heterocycles. The van der Waals surface area contributed by atoms with Crippen LogP contribution in [0.5, 0.6) is 0 Å². The highest BCUT2D eigenvalue weighted by atomic mass is 16.6. The number of hydrogen-bond acceptors (Lipinski definition) is 4. The van der Waals surface area contributed by atoms with Gasteiger partial charge in [-0.1, -0.05) is 0 Å². The van der Waals surface area contributed by atoms with Gasteiger partial charge in [0.15, 0.2) is 0 Å². The smallest absolute Gasteiger partial charge is 0.411 e. The summed E-state index contributed by atoms with van der Waals surface area (Å²) in [5, 5.41) is 8.92. The molecule has 2 fully saturated rings. The van der Waals surface area contributed by atoms with Crippen molar-refractivity contribution < 1.29 is 24.2 Å². The molecule has 1 N–H and O–H groups in total. The molecule has 23 heavy (non-hydrogen) atoms. The number of carbonyl (C=O) groups excluding carboxylic acids is 2. The number of hydrogen-bond donors (Lipinski definition) is 1. The van der Waals surface area contributed by atoms with Gasteiger partial charge in [0.05, 0.1) is 0 Å². The number of ether oxygens (including phenoxy) is 1. The Balaban J connectivity index is 2.18. The third kappa shape index (κ3) is 4.46. The van der Waals surface area contributed by atoms with Gasteiger partial charge in [0.1, 0.15) is 11.6 Å². The van der Waals surface area contributed by atoms with E-state index in [2.05, 4.69) is 0 Å². The first-order valence-corrected chi connectivity index (χ1v) is 7.88. The number of nitrogens with zero attached hydrogens (tertiary/aromatic N) is 2. The Morgan fingerprint density at radius 1 is 1.22 bits per heavy atom. The van der Waals surface area contributed by atoms with Gasteiger partial charge in [-0.3, -0.25) is 9.69 Å². The number of amides is 2. The molecule has 7 nitrogen and oxygen atoms in total. The molecule has 0 bridgehead atoms. The average Bonchev–Trinajstić information content (AvgIpc) is 3.03. The van der Waals surface area contributed by atoms with Crippen molar-refractivity contribution >= 4 is 18.0 Å². The molecule has 0 unspecified atom stereocenters. The van der Waals surface area contributed by atoms with Gasteiger partial charge in [0, 0.05) is 32.1 Å². The largest absolute Gasteiger partial charge is 0.478 e. The van der Waals surface area contributed by atoms with Crippen LogP contribution < -0.4 is 0 Å². The van der Waals surface area contributed by atoms with Gasteiger partial charge in [-0.05, 0) is 39.2 Å². The molecule has 0 aromatic heterocycles. The Morgan fingerprint density at radius 3 is 2.35 bits per heavy atom. The predicted octanol–water partition coefficient (Wildman–Crippen LogP) is 1.63. The zero-order chi connectivity index (χ0) is 17.2. The first kappa shape index (κ1) is 17.3. The molecule has 1 atom stereocenters. The molecule has 128 valence electrons. The molecule has 2 rings (SSSR count). The molecule has 0 aromatic carbocycles. The van der Waals surface area contributed by atoms with Crippen LogP contribution >= 0.6 is 0 Å². The van der Waals surface area contributed by atoms with Gasteiger partial charge < -0.3 is 14.7 Å². The number of rotatable bonds is 2. The van der Waals surface area contributed by atoms with Gasteiger partial charge in [0.25, 0.3) is 0 Å². The summed E-state index contributed by atoms with van der Waals surface area (Å²) in [6.07, 6.45) is 2.67. The second-order valence-corrected chi connectivity index (χ2v) is 7.00. The lowest BCUT2D eigenvalue weighted by molar-refractivity contribution is -0.135. The molecule has 0 aromatic rings. The maximum atomic E-state index is 12.7. The van der Waals surface area contributed by atoms with Crippen LogP contribution in [0.15, 0.2) is 11.6 Å². The van der Waals surface area contributed by atoms with Crippen molar-refractivity contribution in [3.8, 4) is 0 Å². The topological polar surface area (TPSA) is 87.1 Å². The fraction of sp³-hybridized carbons (Fsp3) is 0.688. The van der Waals surface area contributed by atoms with Crippen molar-refractivity contribution in [3.05, 3.63) is 11.6 Å². The Labute approximate surface area is 135 Å². The highest BCUT2D eigenvalue weighted by Crippen LogP contribution is 2.27. The quantitative estimate of drug-likeness (QED) is 0.780. The minimum absolute atomic E-state index is 0.117. The van der Waals surface area contributed by atoms with Crippen LogP contribution in [-0.4, -0.2) is 64.2 Å². The van der Waals surface area contributed by atoms with E-state index in [-0.39, 0.29) is 18.9 Å². The van der Waals surface area contributed by atoms with E-state index in [4.69, 9.17) is 9.84 Å². The summed E-state index contributed by atoms with van der Waals surface area (Å²) < 4.78 is 5.36. The summed E-state index contributed by atoms with van der Waals surface area (Å²) in [5.74, 6) is -1.19. The maximum Gasteiger partial charge on any atom is 0.411 e. The predicted molar refractivity (Wildman–Crippen MR) is 82.9 cm³/mol. The van der Waals surface area contributed by atoms with Crippen LogP contribution in [-0.2, 0) is 14.3 Å². The zero-order valence-electron chi connectivity index (χ0n) is 13.9. The standard InChI is InChI=1S/C16H24N2O5/c1-16(2,3)23-15(22)18-10-11(9-13(19)20)8-12(18)14(21)17-6-4-5-7-17/h9,12H,4-8,10H2,1-3H3,(H,19,20)/b11-9+/t12-/m0/s1. The van der Waals surface area contributed by atoms with Gasteiger partial charge in [-0.2, -0.15) is 0 Å². The Hall–Kier alpha value is -2.05. The SMILES string of the molecule is CC(C)(C)OC(=O)N1C/C(=C/C(=O)O)C[C@H]1C(=O)N1CCCC1. The van der Waals surface area contributed by atoms with Gasteiger partial charge in [0.2, 0.25) is 5.91 Å². The third-order valence-electron chi connectivity index (χ3n) is 3.86. The molecular formula is C16H24N2O5. The first-order chi connectivity index (χ1) is 10.7. The van der Waals surface area contributed by atoms with Crippen molar-refractivity contribution in [2.45, 2.75) is 51.7 Å². The maximum absolute atomic E-state index is 12.7. The summed E-state index contributed by atoms with van der Waals surface area (Å²) in [7, 11) is 0. The highest BCUT2D eigenvalue weighted by molar-refractivity contribution is 5.88.